The van der Waals surface area contributed by atoms with Crippen molar-refractivity contribution in [3.05, 3.63) is 47.7 Å². The van der Waals surface area contributed by atoms with E-state index >= 15 is 0 Å². The molecule has 24 heavy (non-hydrogen) atoms. The Kier molecular flexibility index (Phi) is 3.37. The normalized spacial score (nSPS) is 11.3. The van der Waals surface area contributed by atoms with Crippen LogP contribution in [-0.4, -0.2) is 31.7 Å². The number of benzene rings is 1. The number of hydrogen-bond acceptors (Lipinski definition) is 5. The molecule has 0 fully saturated rings. The third-order valence-corrected chi connectivity index (χ3v) is 4.12. The van der Waals surface area contributed by atoms with Crippen molar-refractivity contribution in [1.82, 2.24) is 24.6 Å². The Morgan fingerprint density at radius 3 is 2.71 bits per heavy atom. The van der Waals surface area contributed by atoms with Crippen LogP contribution in [0.15, 0.2) is 36.4 Å². The van der Waals surface area contributed by atoms with Gasteiger partial charge in [0.05, 0.1) is 12.8 Å². The van der Waals surface area contributed by atoms with E-state index in [9.17, 15) is 0 Å². The van der Waals surface area contributed by atoms with Gasteiger partial charge in [-0.05, 0) is 31.0 Å². The van der Waals surface area contributed by atoms with Gasteiger partial charge in [-0.2, -0.15) is 4.98 Å². The molecule has 0 radical (unpaired) electrons. The van der Waals surface area contributed by atoms with E-state index in [0.29, 0.717) is 22.7 Å². The summed E-state index contributed by atoms with van der Waals surface area (Å²) >= 11 is 0. The average molecular weight is 319 g/mol. The lowest BCUT2D eigenvalue weighted by molar-refractivity contribution is 0.399. The highest BCUT2D eigenvalue weighted by molar-refractivity contribution is 5.77. The molecule has 0 saturated heterocycles. The molecule has 120 valence electrons. The first-order valence-electron chi connectivity index (χ1n) is 7.87. The minimum atomic E-state index is 0.538. The molecule has 4 rings (SSSR count). The number of pyridine rings is 1. The van der Waals surface area contributed by atoms with Gasteiger partial charge in [0, 0.05) is 11.6 Å². The molecule has 6 nitrogen and oxygen atoms in total. The van der Waals surface area contributed by atoms with E-state index in [-0.39, 0.29) is 0 Å². The van der Waals surface area contributed by atoms with E-state index in [0.717, 1.165) is 23.5 Å². The van der Waals surface area contributed by atoms with Crippen LogP contribution in [0, 0.1) is 6.92 Å². The molecule has 1 aromatic carbocycles. The number of aromatic nitrogens is 5. The summed E-state index contributed by atoms with van der Waals surface area (Å²) in [6.07, 6.45) is 0.975. The van der Waals surface area contributed by atoms with Gasteiger partial charge in [0.25, 0.3) is 0 Å². The first kappa shape index (κ1) is 14.6. The molecule has 0 aliphatic rings. The number of nitrogens with zero attached hydrogens (tertiary/aromatic N) is 5. The molecule has 0 aliphatic carbocycles. The summed E-state index contributed by atoms with van der Waals surface area (Å²) in [6.45, 7) is 4.07. The van der Waals surface area contributed by atoms with E-state index in [2.05, 4.69) is 46.4 Å². The van der Waals surface area contributed by atoms with E-state index < -0.39 is 0 Å². The number of methoxy groups -OCH3 is 1. The monoisotopic (exact) mass is 319 g/mol. The smallest absolute Gasteiger partial charge is 0.215 e. The first-order valence-corrected chi connectivity index (χ1v) is 7.87. The van der Waals surface area contributed by atoms with Crippen LogP contribution < -0.4 is 4.74 Å². The Hall–Kier alpha value is -3.02. The molecule has 0 atom stereocenters. The highest BCUT2D eigenvalue weighted by Gasteiger charge is 2.16. The van der Waals surface area contributed by atoms with Gasteiger partial charge in [-0.1, -0.05) is 25.1 Å². The lowest BCUT2D eigenvalue weighted by atomic mass is 10.1. The summed E-state index contributed by atoms with van der Waals surface area (Å²) in [7, 11) is 1.60. The number of ether oxygens (including phenoxy) is 1. The summed E-state index contributed by atoms with van der Waals surface area (Å²) in [5, 5.41) is 8.58. The van der Waals surface area contributed by atoms with Crippen molar-refractivity contribution in [2.75, 3.05) is 7.11 Å². The van der Waals surface area contributed by atoms with Crippen molar-refractivity contribution < 1.29 is 4.74 Å². The Balaban J connectivity index is 2.09. The number of fused-ring (bicyclic) bond motifs is 3. The second-order valence-corrected chi connectivity index (χ2v) is 5.63. The van der Waals surface area contributed by atoms with Gasteiger partial charge >= 0.3 is 0 Å². The topological polar surface area (TPSA) is 65.2 Å². The van der Waals surface area contributed by atoms with Crippen molar-refractivity contribution >= 4 is 16.8 Å². The number of imidazole rings is 1. The number of aryl methyl sites for hydroxylation is 2. The molecule has 0 aliphatic heterocycles. The molecule has 0 N–H and O–H groups in total. The maximum Gasteiger partial charge on any atom is 0.215 e. The van der Waals surface area contributed by atoms with Crippen molar-refractivity contribution in [2.45, 2.75) is 20.3 Å². The van der Waals surface area contributed by atoms with Crippen LogP contribution in [0.5, 0.6) is 5.88 Å². The van der Waals surface area contributed by atoms with E-state index in [1.54, 1.807) is 13.2 Å². The van der Waals surface area contributed by atoms with Crippen LogP contribution >= 0.6 is 0 Å². The lowest BCUT2D eigenvalue weighted by Gasteiger charge is -2.06. The fraction of sp³-hybridized carbons (Fsp3) is 0.222. The van der Waals surface area contributed by atoms with Crippen molar-refractivity contribution in [3.8, 4) is 17.3 Å². The number of hydrogen-bond donors (Lipinski definition) is 0. The predicted octanol–water partition coefficient (Wildman–Crippen LogP) is 3.22. The van der Waals surface area contributed by atoms with Crippen LogP contribution in [0.2, 0.25) is 0 Å². The van der Waals surface area contributed by atoms with E-state index in [1.807, 2.05) is 17.4 Å². The van der Waals surface area contributed by atoms with Gasteiger partial charge in [-0.25, -0.2) is 4.98 Å². The summed E-state index contributed by atoms with van der Waals surface area (Å²) in [5.74, 6) is 1.36. The zero-order valence-electron chi connectivity index (χ0n) is 13.8. The predicted molar refractivity (Wildman–Crippen MR) is 92.2 cm³/mol. The second-order valence-electron chi connectivity index (χ2n) is 5.63. The second kappa shape index (κ2) is 5.56. The van der Waals surface area contributed by atoms with Crippen LogP contribution in [0.1, 0.15) is 18.2 Å². The summed E-state index contributed by atoms with van der Waals surface area (Å²) in [6, 6.07) is 12.0. The maximum absolute atomic E-state index is 5.27. The van der Waals surface area contributed by atoms with Crippen LogP contribution in [0.4, 0.5) is 0 Å². The minimum Gasteiger partial charge on any atom is -0.481 e. The van der Waals surface area contributed by atoms with Gasteiger partial charge in [0.1, 0.15) is 11.3 Å². The Bertz CT molecular complexity index is 1050. The fourth-order valence-corrected chi connectivity index (χ4v) is 2.84. The van der Waals surface area contributed by atoms with Crippen LogP contribution in [0.3, 0.4) is 0 Å². The first-order chi connectivity index (χ1) is 11.7. The molecule has 3 heterocycles. The Labute approximate surface area is 139 Å². The van der Waals surface area contributed by atoms with Gasteiger partial charge in [0.2, 0.25) is 5.88 Å². The fourth-order valence-electron chi connectivity index (χ4n) is 2.84. The van der Waals surface area contributed by atoms with Gasteiger partial charge in [-0.15, -0.1) is 10.2 Å². The molecule has 0 bridgehead atoms. The minimum absolute atomic E-state index is 0.538. The molecule has 0 spiro atoms. The highest BCUT2D eigenvalue weighted by Crippen LogP contribution is 2.26. The molecule has 4 aromatic rings. The SMILES string of the molecule is CCc1cccc(-c2nc(C)c3nnc4ccc(OC)nc4n23)c1. The zero-order chi connectivity index (χ0) is 16.7. The molecular weight excluding hydrogens is 302 g/mol. The summed E-state index contributed by atoms with van der Waals surface area (Å²) in [4.78, 5) is 9.28. The zero-order valence-corrected chi connectivity index (χ0v) is 13.8. The lowest BCUT2D eigenvalue weighted by Crippen LogP contribution is -2.00. The molecule has 3 aromatic heterocycles. The molecule has 0 saturated carbocycles. The van der Waals surface area contributed by atoms with Crippen molar-refractivity contribution in [1.29, 1.82) is 0 Å². The standard InChI is InChI=1S/C18H17N5O/c1-4-12-6-5-7-13(10-12)17-19-11(2)16-22-21-14-8-9-15(24-3)20-18(14)23(16)17/h5-10H,4H2,1-3H3. The molecule has 0 unspecified atom stereocenters. The highest BCUT2D eigenvalue weighted by atomic mass is 16.5. The quantitative estimate of drug-likeness (QED) is 0.580. The van der Waals surface area contributed by atoms with E-state index in [1.165, 1.54) is 5.56 Å². The molecular formula is C18H17N5O. The van der Waals surface area contributed by atoms with Crippen LogP contribution in [-0.2, 0) is 6.42 Å². The van der Waals surface area contributed by atoms with Gasteiger partial charge < -0.3 is 4.74 Å². The van der Waals surface area contributed by atoms with Crippen molar-refractivity contribution in [3.63, 3.8) is 0 Å². The molecule has 6 heteroatoms. The van der Waals surface area contributed by atoms with Crippen LogP contribution in [0.25, 0.3) is 28.2 Å². The third-order valence-electron chi connectivity index (χ3n) is 4.12. The Morgan fingerprint density at radius 2 is 1.92 bits per heavy atom. The van der Waals surface area contributed by atoms with Gasteiger partial charge in [-0.3, -0.25) is 4.40 Å². The Morgan fingerprint density at radius 1 is 1.04 bits per heavy atom. The molecule has 0 amide bonds. The van der Waals surface area contributed by atoms with Gasteiger partial charge in [0.15, 0.2) is 11.3 Å². The average Bonchev–Trinajstić information content (AvgIpc) is 2.98. The van der Waals surface area contributed by atoms with E-state index in [4.69, 9.17) is 9.72 Å². The van der Waals surface area contributed by atoms with Crippen molar-refractivity contribution in [2.24, 2.45) is 0 Å². The summed E-state index contributed by atoms with van der Waals surface area (Å²) < 4.78 is 7.22. The maximum atomic E-state index is 5.27. The largest absolute Gasteiger partial charge is 0.481 e. The summed E-state index contributed by atoms with van der Waals surface area (Å²) in [5.41, 5.74) is 5.23. The number of rotatable bonds is 3. The third kappa shape index (κ3) is 2.19.